The minimum Gasteiger partial charge on any atom is -0.394 e. The lowest BCUT2D eigenvalue weighted by Crippen LogP contribution is -2.68. The lowest BCUT2D eigenvalue weighted by Gasteiger charge is -2.70. The van der Waals surface area contributed by atoms with Crippen LogP contribution in [-0.2, 0) is 37.9 Å². The minimum atomic E-state index is -1.79. The minimum absolute atomic E-state index is 0.0628. The van der Waals surface area contributed by atoms with Gasteiger partial charge in [0.1, 0.15) is 61.0 Å². The lowest BCUT2D eigenvalue weighted by atomic mass is 9.35. The standard InChI is InChI=1S/C46H74O17/c1-21(2)14-22-16-58-46-19-45(20-59-46)23(37(46)44(22,7)55)8-9-28-42(5)12-11-29(41(3,4)27(42)10-13-43(28,45)6)61-40-36(63-38-33(53)30(50)24(48)17-56-38)35(25(49)18-57-40)62-39-34(54)32(52)31(51)26(15-47)60-39/h14,22-40,47-55H,8-13,15-20H2,1-7H3/t22-,23-,24+,25+,26-,27-,28+,29+,30+,31-,32+,33-,34-,35+,36-,37-,38+,39+,40+,42+,43-,44+,45+,46-/m1/s1. The van der Waals surface area contributed by atoms with Crippen LogP contribution in [0.5, 0.6) is 0 Å². The molecule has 0 radical (unpaired) electrons. The fourth-order valence-electron chi connectivity index (χ4n) is 15.5. The zero-order chi connectivity index (χ0) is 45.4. The number of ether oxygens (including phenoxy) is 8. The molecule has 0 unspecified atom stereocenters. The van der Waals surface area contributed by atoms with Crippen molar-refractivity contribution in [1.29, 1.82) is 0 Å². The highest BCUT2D eigenvalue weighted by Gasteiger charge is 2.81. The van der Waals surface area contributed by atoms with Gasteiger partial charge in [0, 0.05) is 23.7 Å². The van der Waals surface area contributed by atoms with Crippen LogP contribution in [0.2, 0.25) is 0 Å². The Balaban J connectivity index is 0.969. The van der Waals surface area contributed by atoms with Crippen LogP contribution < -0.4 is 0 Å². The number of aliphatic hydroxyl groups excluding tert-OH is 8. The highest BCUT2D eigenvalue weighted by Crippen LogP contribution is 2.80. The van der Waals surface area contributed by atoms with Crippen molar-refractivity contribution in [2.24, 2.45) is 51.2 Å². The normalized spacial score (nSPS) is 57.4. The highest BCUT2D eigenvalue weighted by molar-refractivity contribution is 5.27. The zero-order valence-corrected chi connectivity index (χ0v) is 37.8. The Morgan fingerprint density at radius 1 is 0.683 bits per heavy atom. The number of hydrogen-bond donors (Lipinski definition) is 9. The topological polar surface area (TPSA) is 256 Å². The van der Waals surface area contributed by atoms with E-state index >= 15 is 0 Å². The van der Waals surface area contributed by atoms with Crippen LogP contribution in [0.4, 0.5) is 0 Å². The predicted molar refractivity (Wildman–Crippen MR) is 219 cm³/mol. The van der Waals surface area contributed by atoms with E-state index in [4.69, 9.17) is 37.9 Å². The van der Waals surface area contributed by atoms with E-state index in [1.807, 2.05) is 6.92 Å². The van der Waals surface area contributed by atoms with E-state index in [9.17, 15) is 46.0 Å². The molecule has 4 saturated carbocycles. The van der Waals surface area contributed by atoms with Crippen LogP contribution >= 0.6 is 0 Å². The summed E-state index contributed by atoms with van der Waals surface area (Å²) in [6.45, 7) is 15.3. The molecule has 2 spiro atoms. The van der Waals surface area contributed by atoms with Crippen molar-refractivity contribution < 1.29 is 83.9 Å². The van der Waals surface area contributed by atoms with Gasteiger partial charge in [0.2, 0.25) is 0 Å². The van der Waals surface area contributed by atoms with E-state index in [0.29, 0.717) is 25.6 Å². The van der Waals surface area contributed by atoms with Crippen molar-refractivity contribution in [2.75, 3.05) is 33.0 Å². The molecule has 4 aliphatic carbocycles. The van der Waals surface area contributed by atoms with E-state index in [-0.39, 0.29) is 59.2 Å². The Morgan fingerprint density at radius 2 is 1.37 bits per heavy atom. The fourth-order valence-corrected chi connectivity index (χ4v) is 15.5. The highest BCUT2D eigenvalue weighted by atomic mass is 16.8. The van der Waals surface area contributed by atoms with Gasteiger partial charge in [-0.1, -0.05) is 39.3 Å². The molecule has 2 bridgehead atoms. The maximum Gasteiger partial charge on any atom is 0.187 e. The second kappa shape index (κ2) is 16.4. The number of aliphatic hydroxyl groups is 9. The van der Waals surface area contributed by atoms with Gasteiger partial charge < -0.3 is 83.9 Å². The molecule has 0 aromatic heterocycles. The van der Waals surface area contributed by atoms with Crippen LogP contribution in [0.3, 0.4) is 0 Å². The van der Waals surface area contributed by atoms with Gasteiger partial charge >= 0.3 is 0 Å². The summed E-state index contributed by atoms with van der Waals surface area (Å²) in [5.41, 5.74) is -0.487. The van der Waals surface area contributed by atoms with Gasteiger partial charge in [-0.2, -0.15) is 0 Å². The summed E-state index contributed by atoms with van der Waals surface area (Å²) >= 11 is 0. The lowest BCUT2D eigenvalue weighted by molar-refractivity contribution is -0.384. The SMILES string of the molecule is CC(C)=C[C@@H]1CO[C@]23C[C@]4(CO2)[C@H](CC[C@H]2[C@@]5(C)CC[C@H](O[C@@H]6OC[C@H](O)[C@H](O[C@@H]7O[C@H](CO)[C@@H](O)[C@H](O)[C@H]7O)[C@H]6O[C@@H]6OC[C@H](O)[C@H](O)[C@H]6O)C(C)(C)[C@H]5CC[C@]24C)[C@@H]3[C@@]1(C)O. The van der Waals surface area contributed by atoms with Crippen molar-refractivity contribution in [1.82, 2.24) is 0 Å². The monoisotopic (exact) mass is 898 g/mol. The van der Waals surface area contributed by atoms with E-state index in [2.05, 4.69) is 47.6 Å². The van der Waals surface area contributed by atoms with Crippen LogP contribution in [0, 0.1) is 51.2 Å². The summed E-state index contributed by atoms with van der Waals surface area (Å²) in [5, 5.41) is 97.2. The summed E-state index contributed by atoms with van der Waals surface area (Å²) < 4.78 is 50.4. The van der Waals surface area contributed by atoms with Gasteiger partial charge in [-0.3, -0.25) is 0 Å². The Bertz CT molecular complexity index is 1710. The molecular formula is C46H74O17. The molecule has 24 atom stereocenters. The first-order valence-corrected chi connectivity index (χ1v) is 23.4. The number of rotatable bonds is 8. The van der Waals surface area contributed by atoms with Crippen molar-refractivity contribution in [3.05, 3.63) is 11.6 Å². The predicted octanol–water partition coefficient (Wildman–Crippen LogP) is 0.463. The molecule has 0 aromatic rings. The van der Waals surface area contributed by atoms with Gasteiger partial charge in [0.15, 0.2) is 24.7 Å². The van der Waals surface area contributed by atoms with Gasteiger partial charge in [-0.15, -0.1) is 0 Å². The second-order valence-electron chi connectivity index (χ2n) is 22.5. The molecule has 5 saturated heterocycles. The molecule has 360 valence electrons. The summed E-state index contributed by atoms with van der Waals surface area (Å²) in [6.07, 6.45) is -11.7. The van der Waals surface area contributed by atoms with E-state index < -0.39 is 103 Å². The number of fused-ring (bicyclic) bond motifs is 4. The largest absolute Gasteiger partial charge is 0.394 e. The fraction of sp³-hybridized carbons (Fsp3) is 0.957. The van der Waals surface area contributed by atoms with E-state index in [0.717, 1.165) is 44.1 Å². The Labute approximate surface area is 369 Å². The van der Waals surface area contributed by atoms with Crippen molar-refractivity contribution >= 4 is 0 Å². The van der Waals surface area contributed by atoms with Gasteiger partial charge in [0.25, 0.3) is 0 Å². The quantitative estimate of drug-likeness (QED) is 0.119. The first-order valence-electron chi connectivity index (χ1n) is 23.4. The third-order valence-corrected chi connectivity index (χ3v) is 18.6. The summed E-state index contributed by atoms with van der Waals surface area (Å²) in [4.78, 5) is 0. The number of allylic oxidation sites excluding steroid dienone is 1. The Kier molecular flexibility index (Phi) is 12.2. The van der Waals surface area contributed by atoms with Crippen LogP contribution in [0.1, 0.15) is 93.4 Å². The molecule has 5 aliphatic heterocycles. The van der Waals surface area contributed by atoms with E-state index in [1.54, 1.807) is 0 Å². The van der Waals surface area contributed by atoms with Crippen LogP contribution in [0.15, 0.2) is 11.6 Å². The second-order valence-corrected chi connectivity index (χ2v) is 22.5. The van der Waals surface area contributed by atoms with Gasteiger partial charge in [-0.05, 0) is 93.3 Å². The molecule has 17 heteroatoms. The molecular weight excluding hydrogens is 824 g/mol. The third kappa shape index (κ3) is 7.03. The molecule has 63 heavy (non-hydrogen) atoms. The van der Waals surface area contributed by atoms with Crippen molar-refractivity contribution in [2.45, 2.75) is 191 Å². The van der Waals surface area contributed by atoms with Crippen molar-refractivity contribution in [3.63, 3.8) is 0 Å². The van der Waals surface area contributed by atoms with E-state index in [1.165, 1.54) is 0 Å². The summed E-state index contributed by atoms with van der Waals surface area (Å²) in [7, 11) is 0. The van der Waals surface area contributed by atoms with Gasteiger partial charge in [0.05, 0.1) is 44.7 Å². The third-order valence-electron chi connectivity index (χ3n) is 18.6. The van der Waals surface area contributed by atoms with Crippen LogP contribution in [0.25, 0.3) is 0 Å². The molecule has 5 heterocycles. The zero-order valence-electron chi connectivity index (χ0n) is 37.8. The number of hydrogen-bond acceptors (Lipinski definition) is 17. The molecule has 0 amide bonds. The van der Waals surface area contributed by atoms with Crippen molar-refractivity contribution in [3.8, 4) is 0 Å². The first kappa shape index (κ1) is 47.1. The molecule has 17 nitrogen and oxygen atoms in total. The Morgan fingerprint density at radius 3 is 2.08 bits per heavy atom. The maximum atomic E-state index is 12.4. The molecule has 9 rings (SSSR count). The first-order chi connectivity index (χ1) is 29.6. The average molecular weight is 899 g/mol. The molecule has 9 fully saturated rings. The van der Waals surface area contributed by atoms with Crippen LogP contribution in [-0.4, -0.2) is 176 Å². The molecule has 9 aliphatic rings. The average Bonchev–Trinajstić information content (AvgIpc) is 3.76. The molecule has 9 N–H and O–H groups in total. The summed E-state index contributed by atoms with van der Waals surface area (Å²) in [5.74, 6) is -0.141. The molecule has 0 aromatic carbocycles. The smallest absolute Gasteiger partial charge is 0.187 e. The maximum absolute atomic E-state index is 12.4. The Hall–Kier alpha value is -0.940. The summed E-state index contributed by atoms with van der Waals surface area (Å²) in [6, 6.07) is 0. The van der Waals surface area contributed by atoms with Gasteiger partial charge in [-0.25, -0.2) is 0 Å².